The van der Waals surface area contributed by atoms with E-state index in [1.165, 1.54) is 6.07 Å². The van der Waals surface area contributed by atoms with Gasteiger partial charge in [0.2, 0.25) is 0 Å². The number of benzene rings is 2. The highest BCUT2D eigenvalue weighted by Gasteiger charge is 2.10. The van der Waals surface area contributed by atoms with Crippen molar-refractivity contribution in [1.82, 2.24) is 5.32 Å². The van der Waals surface area contributed by atoms with Gasteiger partial charge in [-0.3, -0.25) is 0 Å². The minimum absolute atomic E-state index is 0.0409. The zero-order valence-electron chi connectivity index (χ0n) is 14.0. The maximum atomic E-state index is 13.5. The first-order valence-corrected chi connectivity index (χ1v) is 7.86. The lowest BCUT2D eigenvalue weighted by atomic mass is 10.3. The zero-order chi connectivity index (χ0) is 18.2. The quantitative estimate of drug-likeness (QED) is 0.795. The summed E-state index contributed by atoms with van der Waals surface area (Å²) in [6.45, 7) is 4.21. The SMILES string of the molecule is CCOc1ccc(NC(=O)NC(C)COc2ccc(F)cc2F)cc1. The third-order valence-corrected chi connectivity index (χ3v) is 3.18. The Kier molecular flexibility index (Phi) is 6.56. The highest BCUT2D eigenvalue weighted by atomic mass is 19.1. The fraction of sp³-hybridized carbons (Fsp3) is 0.278. The van der Waals surface area contributed by atoms with E-state index in [1.807, 2.05) is 6.92 Å². The van der Waals surface area contributed by atoms with E-state index in [-0.39, 0.29) is 18.4 Å². The van der Waals surface area contributed by atoms with E-state index in [2.05, 4.69) is 10.6 Å². The molecule has 2 N–H and O–H groups in total. The standard InChI is InChI=1S/C18H20F2N2O3/c1-3-24-15-7-5-14(6-8-15)22-18(23)21-12(2)11-25-17-9-4-13(19)10-16(17)20/h4-10,12H,3,11H2,1-2H3,(H2,21,22,23). The van der Waals surface area contributed by atoms with Gasteiger partial charge in [0.1, 0.15) is 18.2 Å². The van der Waals surface area contributed by atoms with E-state index in [0.29, 0.717) is 12.3 Å². The second-order valence-electron chi connectivity index (χ2n) is 5.34. The van der Waals surface area contributed by atoms with Gasteiger partial charge in [-0.2, -0.15) is 0 Å². The number of amides is 2. The van der Waals surface area contributed by atoms with Crippen molar-refractivity contribution in [3.63, 3.8) is 0 Å². The topological polar surface area (TPSA) is 59.6 Å². The number of carbonyl (C=O) groups excluding carboxylic acids is 1. The molecule has 0 aliphatic carbocycles. The molecular weight excluding hydrogens is 330 g/mol. The molecule has 0 radical (unpaired) electrons. The van der Waals surface area contributed by atoms with Gasteiger partial charge in [0, 0.05) is 11.8 Å². The van der Waals surface area contributed by atoms with Crippen molar-refractivity contribution in [3.05, 3.63) is 54.1 Å². The van der Waals surface area contributed by atoms with Crippen LogP contribution in [0.15, 0.2) is 42.5 Å². The van der Waals surface area contributed by atoms with Crippen LogP contribution in [0.4, 0.5) is 19.3 Å². The van der Waals surface area contributed by atoms with Crippen LogP contribution in [0.25, 0.3) is 0 Å². The summed E-state index contributed by atoms with van der Waals surface area (Å²) in [6.07, 6.45) is 0. The summed E-state index contributed by atoms with van der Waals surface area (Å²) in [5.41, 5.74) is 0.610. The summed E-state index contributed by atoms with van der Waals surface area (Å²) in [7, 11) is 0. The van der Waals surface area contributed by atoms with Crippen LogP contribution in [0.3, 0.4) is 0 Å². The Balaban J connectivity index is 1.79. The Morgan fingerprint density at radius 2 is 1.84 bits per heavy atom. The number of hydrogen-bond acceptors (Lipinski definition) is 3. The molecule has 0 aliphatic heterocycles. The summed E-state index contributed by atoms with van der Waals surface area (Å²) in [5, 5.41) is 5.34. The van der Waals surface area contributed by atoms with Gasteiger partial charge >= 0.3 is 6.03 Å². The third-order valence-electron chi connectivity index (χ3n) is 3.18. The average molecular weight is 350 g/mol. The summed E-state index contributed by atoms with van der Waals surface area (Å²) in [5.74, 6) is -0.810. The number of urea groups is 1. The number of anilines is 1. The Hall–Kier alpha value is -2.83. The summed E-state index contributed by atoms with van der Waals surface area (Å²) in [6, 6.07) is 9.20. The maximum absolute atomic E-state index is 13.5. The Morgan fingerprint density at radius 3 is 2.48 bits per heavy atom. The average Bonchev–Trinajstić information content (AvgIpc) is 2.56. The van der Waals surface area contributed by atoms with Crippen LogP contribution in [-0.4, -0.2) is 25.3 Å². The van der Waals surface area contributed by atoms with Gasteiger partial charge in [0.05, 0.1) is 12.6 Å². The number of halogens is 2. The second-order valence-corrected chi connectivity index (χ2v) is 5.34. The van der Waals surface area contributed by atoms with Crippen LogP contribution in [-0.2, 0) is 0 Å². The monoisotopic (exact) mass is 350 g/mol. The molecule has 0 heterocycles. The molecule has 2 aromatic rings. The van der Waals surface area contributed by atoms with E-state index in [9.17, 15) is 13.6 Å². The summed E-state index contributed by atoms with van der Waals surface area (Å²) in [4.78, 5) is 11.9. The molecule has 1 unspecified atom stereocenters. The van der Waals surface area contributed by atoms with Gasteiger partial charge < -0.3 is 20.1 Å². The number of rotatable bonds is 7. The Bertz CT molecular complexity index is 708. The zero-order valence-corrected chi connectivity index (χ0v) is 14.0. The molecule has 0 spiro atoms. The van der Waals surface area contributed by atoms with Crippen LogP contribution in [0.2, 0.25) is 0 Å². The van der Waals surface area contributed by atoms with Crippen molar-refractivity contribution in [1.29, 1.82) is 0 Å². The molecule has 2 rings (SSSR count). The van der Waals surface area contributed by atoms with Gasteiger partial charge in [-0.15, -0.1) is 0 Å². The molecule has 2 amide bonds. The molecule has 25 heavy (non-hydrogen) atoms. The summed E-state index contributed by atoms with van der Waals surface area (Å²) >= 11 is 0. The van der Waals surface area contributed by atoms with E-state index >= 15 is 0 Å². The molecule has 0 saturated heterocycles. The highest BCUT2D eigenvalue weighted by molar-refractivity contribution is 5.89. The molecule has 2 aromatic carbocycles. The lowest BCUT2D eigenvalue weighted by molar-refractivity contribution is 0.234. The first-order valence-electron chi connectivity index (χ1n) is 7.86. The molecule has 0 aliphatic rings. The summed E-state index contributed by atoms with van der Waals surface area (Å²) < 4.78 is 36.9. The van der Waals surface area contributed by atoms with Gasteiger partial charge in [-0.25, -0.2) is 13.6 Å². The molecular formula is C18H20F2N2O3. The van der Waals surface area contributed by atoms with E-state index in [4.69, 9.17) is 9.47 Å². The van der Waals surface area contributed by atoms with Crippen LogP contribution in [0, 0.1) is 11.6 Å². The molecule has 0 saturated carbocycles. The number of ether oxygens (including phenoxy) is 2. The first-order chi connectivity index (χ1) is 12.0. The van der Waals surface area contributed by atoms with Crippen molar-refractivity contribution < 1.29 is 23.0 Å². The Labute approximate surface area is 144 Å². The fourth-order valence-electron chi connectivity index (χ4n) is 2.04. The second kappa shape index (κ2) is 8.86. The van der Waals surface area contributed by atoms with Crippen molar-refractivity contribution >= 4 is 11.7 Å². The van der Waals surface area contributed by atoms with Crippen molar-refractivity contribution in [2.24, 2.45) is 0 Å². The van der Waals surface area contributed by atoms with Gasteiger partial charge in [0.15, 0.2) is 11.6 Å². The predicted molar refractivity (Wildman–Crippen MR) is 91.1 cm³/mol. The van der Waals surface area contributed by atoms with E-state index in [0.717, 1.165) is 17.9 Å². The van der Waals surface area contributed by atoms with Crippen molar-refractivity contribution in [2.45, 2.75) is 19.9 Å². The molecule has 1 atom stereocenters. The van der Waals surface area contributed by atoms with E-state index in [1.54, 1.807) is 31.2 Å². The minimum atomic E-state index is -0.786. The van der Waals surface area contributed by atoms with E-state index < -0.39 is 17.7 Å². The number of nitrogens with one attached hydrogen (secondary N) is 2. The fourth-order valence-corrected chi connectivity index (χ4v) is 2.04. The number of carbonyl (C=O) groups is 1. The van der Waals surface area contributed by atoms with Crippen molar-refractivity contribution in [3.8, 4) is 11.5 Å². The third kappa shape index (κ3) is 5.95. The number of hydrogen-bond donors (Lipinski definition) is 2. The van der Waals surface area contributed by atoms with Crippen molar-refractivity contribution in [2.75, 3.05) is 18.5 Å². The van der Waals surface area contributed by atoms with Crippen LogP contribution in [0.5, 0.6) is 11.5 Å². The predicted octanol–water partition coefficient (Wildman–Crippen LogP) is 3.95. The largest absolute Gasteiger partial charge is 0.494 e. The smallest absolute Gasteiger partial charge is 0.319 e. The normalized spacial score (nSPS) is 11.5. The Morgan fingerprint density at radius 1 is 1.12 bits per heavy atom. The molecule has 0 aromatic heterocycles. The van der Waals surface area contributed by atoms with Gasteiger partial charge in [-0.1, -0.05) is 0 Å². The first kappa shape index (κ1) is 18.5. The lowest BCUT2D eigenvalue weighted by Crippen LogP contribution is -2.39. The van der Waals surface area contributed by atoms with Gasteiger partial charge in [-0.05, 0) is 50.2 Å². The van der Waals surface area contributed by atoms with Crippen LogP contribution >= 0.6 is 0 Å². The van der Waals surface area contributed by atoms with Crippen LogP contribution in [0.1, 0.15) is 13.8 Å². The molecule has 0 fully saturated rings. The molecule has 5 nitrogen and oxygen atoms in total. The maximum Gasteiger partial charge on any atom is 0.319 e. The highest BCUT2D eigenvalue weighted by Crippen LogP contribution is 2.18. The molecule has 134 valence electrons. The van der Waals surface area contributed by atoms with Gasteiger partial charge in [0.25, 0.3) is 0 Å². The lowest BCUT2D eigenvalue weighted by Gasteiger charge is -2.16. The molecule has 0 bridgehead atoms. The molecule has 7 heteroatoms. The minimum Gasteiger partial charge on any atom is -0.494 e. The van der Waals surface area contributed by atoms with Crippen LogP contribution < -0.4 is 20.1 Å².